The van der Waals surface area contributed by atoms with Crippen LogP contribution >= 0.6 is 0 Å². The van der Waals surface area contributed by atoms with Crippen LogP contribution in [0.25, 0.3) is 0 Å². The second-order valence-electron chi connectivity index (χ2n) is 5.37. The van der Waals surface area contributed by atoms with E-state index in [0.29, 0.717) is 13.1 Å². The molecule has 7 heteroatoms. The Kier molecular flexibility index (Phi) is 5.79. The Bertz CT molecular complexity index is 384. The molecular formula is C13H23N3O4. The molecule has 0 saturated carbocycles. The lowest BCUT2D eigenvalue weighted by Gasteiger charge is -2.35. The molecule has 0 aromatic rings. The molecule has 1 aliphatic rings. The second kappa shape index (κ2) is 7.12. The van der Waals surface area contributed by atoms with E-state index in [1.165, 1.54) is 9.80 Å². The van der Waals surface area contributed by atoms with E-state index < -0.39 is 5.97 Å². The van der Waals surface area contributed by atoms with Gasteiger partial charge in [0, 0.05) is 40.8 Å². The van der Waals surface area contributed by atoms with E-state index in [4.69, 9.17) is 5.11 Å². The van der Waals surface area contributed by atoms with Crippen LogP contribution in [-0.4, -0.2) is 78.5 Å². The van der Waals surface area contributed by atoms with Gasteiger partial charge in [-0.25, -0.2) is 4.79 Å². The minimum Gasteiger partial charge on any atom is -0.481 e. The summed E-state index contributed by atoms with van der Waals surface area (Å²) in [6, 6.07) is -0.0873. The van der Waals surface area contributed by atoms with Gasteiger partial charge in [-0.1, -0.05) is 0 Å². The van der Waals surface area contributed by atoms with Gasteiger partial charge in [0.15, 0.2) is 0 Å². The fourth-order valence-electron chi connectivity index (χ4n) is 2.32. The third-order valence-electron chi connectivity index (χ3n) is 3.46. The van der Waals surface area contributed by atoms with Gasteiger partial charge >= 0.3 is 12.0 Å². The number of rotatable bonds is 4. The first-order chi connectivity index (χ1) is 9.32. The third-order valence-corrected chi connectivity index (χ3v) is 3.46. The number of likely N-dealkylation sites (tertiary alicyclic amines) is 1. The summed E-state index contributed by atoms with van der Waals surface area (Å²) < 4.78 is 0. The number of carboxylic acids is 1. The third kappa shape index (κ3) is 4.40. The Balaban J connectivity index is 2.55. The quantitative estimate of drug-likeness (QED) is 0.806. The van der Waals surface area contributed by atoms with Crippen LogP contribution in [0, 0.1) is 5.92 Å². The number of carbonyl (C=O) groups is 3. The summed E-state index contributed by atoms with van der Waals surface area (Å²) in [6.07, 6.45) is 1.48. The van der Waals surface area contributed by atoms with Crippen LogP contribution in [0.5, 0.6) is 0 Å². The van der Waals surface area contributed by atoms with Gasteiger partial charge in [-0.05, 0) is 12.8 Å². The molecule has 1 unspecified atom stereocenters. The number of piperidine rings is 1. The highest BCUT2D eigenvalue weighted by Crippen LogP contribution is 2.19. The minimum atomic E-state index is -0.919. The summed E-state index contributed by atoms with van der Waals surface area (Å²) in [5, 5.41) is 8.63. The van der Waals surface area contributed by atoms with Crippen molar-refractivity contribution in [3.8, 4) is 0 Å². The van der Waals surface area contributed by atoms with Gasteiger partial charge in [0.25, 0.3) is 0 Å². The van der Waals surface area contributed by atoms with Crippen LogP contribution in [0.2, 0.25) is 0 Å². The van der Waals surface area contributed by atoms with Crippen molar-refractivity contribution >= 4 is 17.9 Å². The summed E-state index contributed by atoms with van der Waals surface area (Å²) in [6.45, 7) is 1.28. The molecule has 1 N–H and O–H groups in total. The lowest BCUT2D eigenvalue weighted by molar-refractivity contribution is -0.139. The Labute approximate surface area is 119 Å². The lowest BCUT2D eigenvalue weighted by Crippen LogP contribution is -2.49. The van der Waals surface area contributed by atoms with Gasteiger partial charge < -0.3 is 19.8 Å². The number of carbonyl (C=O) groups excluding carboxylic acids is 2. The molecule has 0 spiro atoms. The lowest BCUT2D eigenvalue weighted by atomic mass is 9.97. The molecule has 1 saturated heterocycles. The molecule has 0 bridgehead atoms. The molecule has 0 radical (unpaired) electrons. The van der Waals surface area contributed by atoms with Crippen LogP contribution in [0.3, 0.4) is 0 Å². The van der Waals surface area contributed by atoms with E-state index in [2.05, 4.69) is 0 Å². The van der Waals surface area contributed by atoms with Crippen molar-refractivity contribution in [2.75, 3.05) is 40.8 Å². The first kappa shape index (κ1) is 16.3. The molecule has 1 rings (SSSR count). The fourth-order valence-corrected chi connectivity index (χ4v) is 2.32. The molecule has 0 aliphatic carbocycles. The monoisotopic (exact) mass is 285 g/mol. The first-order valence-electron chi connectivity index (χ1n) is 6.76. The summed E-state index contributed by atoms with van der Waals surface area (Å²) in [5.41, 5.74) is 0. The molecule has 1 atom stereocenters. The molecule has 1 fully saturated rings. The van der Waals surface area contributed by atoms with Gasteiger partial charge in [-0.2, -0.15) is 0 Å². The van der Waals surface area contributed by atoms with Crippen LogP contribution in [-0.2, 0) is 9.59 Å². The molecule has 3 amide bonds. The molecule has 20 heavy (non-hydrogen) atoms. The number of urea groups is 1. The summed E-state index contributed by atoms with van der Waals surface area (Å²) in [4.78, 5) is 39.3. The number of nitrogens with zero attached hydrogens (tertiary/aromatic N) is 3. The predicted octanol–water partition coefficient (Wildman–Crippen LogP) is 0.313. The molecule has 7 nitrogen and oxygen atoms in total. The molecule has 0 aromatic carbocycles. The van der Waals surface area contributed by atoms with Crippen molar-refractivity contribution in [2.24, 2.45) is 5.92 Å². The highest BCUT2D eigenvalue weighted by molar-refractivity contribution is 5.81. The number of carboxylic acid groups (broad SMARTS) is 1. The van der Waals surface area contributed by atoms with Gasteiger partial charge in [0.05, 0.1) is 12.3 Å². The van der Waals surface area contributed by atoms with Crippen LogP contribution in [0.1, 0.15) is 19.3 Å². The topological polar surface area (TPSA) is 81.2 Å². The van der Waals surface area contributed by atoms with Crippen molar-refractivity contribution < 1.29 is 19.5 Å². The average molecular weight is 285 g/mol. The molecular weight excluding hydrogens is 262 g/mol. The second-order valence-corrected chi connectivity index (χ2v) is 5.37. The van der Waals surface area contributed by atoms with Gasteiger partial charge in [0.1, 0.15) is 0 Å². The standard InChI is InChI=1S/C13H23N3O4/c1-14(2)13(20)16-7-4-5-10(9-16)12(19)15(3)8-6-11(17)18/h10H,4-9H2,1-3H3,(H,17,18). The summed E-state index contributed by atoms with van der Waals surface area (Å²) >= 11 is 0. The number of aliphatic carboxylic acids is 1. The van der Waals surface area contributed by atoms with E-state index in [0.717, 1.165) is 12.8 Å². The zero-order valence-electron chi connectivity index (χ0n) is 12.3. The zero-order chi connectivity index (χ0) is 15.3. The highest BCUT2D eigenvalue weighted by Gasteiger charge is 2.30. The number of hydrogen-bond donors (Lipinski definition) is 1. The normalized spacial score (nSPS) is 18.6. The molecule has 1 heterocycles. The Morgan fingerprint density at radius 1 is 1.25 bits per heavy atom. The minimum absolute atomic E-state index is 0.0602. The summed E-state index contributed by atoms with van der Waals surface area (Å²) in [5.74, 6) is -1.23. The first-order valence-corrected chi connectivity index (χ1v) is 6.76. The van der Waals surface area contributed by atoms with E-state index in [-0.39, 0.29) is 30.8 Å². The van der Waals surface area contributed by atoms with Gasteiger partial charge in [-0.3, -0.25) is 9.59 Å². The van der Waals surface area contributed by atoms with Crippen molar-refractivity contribution in [2.45, 2.75) is 19.3 Å². The molecule has 114 valence electrons. The summed E-state index contributed by atoms with van der Waals surface area (Å²) in [7, 11) is 4.98. The van der Waals surface area contributed by atoms with Crippen molar-refractivity contribution in [1.29, 1.82) is 0 Å². The molecule has 0 aromatic heterocycles. The SMILES string of the molecule is CN(C)C(=O)N1CCCC(C(=O)N(C)CCC(=O)O)C1. The van der Waals surface area contributed by atoms with Crippen LogP contribution < -0.4 is 0 Å². The van der Waals surface area contributed by atoms with Crippen molar-refractivity contribution in [1.82, 2.24) is 14.7 Å². The maximum Gasteiger partial charge on any atom is 0.319 e. The van der Waals surface area contributed by atoms with Crippen LogP contribution in [0.15, 0.2) is 0 Å². The predicted molar refractivity (Wildman–Crippen MR) is 73.3 cm³/mol. The van der Waals surface area contributed by atoms with E-state index in [1.54, 1.807) is 26.0 Å². The van der Waals surface area contributed by atoms with Crippen molar-refractivity contribution in [3.05, 3.63) is 0 Å². The van der Waals surface area contributed by atoms with E-state index in [9.17, 15) is 14.4 Å². The maximum atomic E-state index is 12.2. The van der Waals surface area contributed by atoms with Gasteiger partial charge in [-0.15, -0.1) is 0 Å². The fraction of sp³-hybridized carbons (Fsp3) is 0.769. The number of amides is 3. The Hall–Kier alpha value is -1.79. The highest BCUT2D eigenvalue weighted by atomic mass is 16.4. The molecule has 1 aliphatic heterocycles. The Morgan fingerprint density at radius 2 is 1.90 bits per heavy atom. The Morgan fingerprint density at radius 3 is 2.45 bits per heavy atom. The smallest absolute Gasteiger partial charge is 0.319 e. The zero-order valence-corrected chi connectivity index (χ0v) is 12.3. The number of hydrogen-bond acceptors (Lipinski definition) is 3. The largest absolute Gasteiger partial charge is 0.481 e. The van der Waals surface area contributed by atoms with E-state index >= 15 is 0 Å². The van der Waals surface area contributed by atoms with Crippen molar-refractivity contribution in [3.63, 3.8) is 0 Å². The van der Waals surface area contributed by atoms with E-state index in [1.807, 2.05) is 0 Å². The van der Waals surface area contributed by atoms with Gasteiger partial charge in [0.2, 0.25) is 5.91 Å². The maximum absolute atomic E-state index is 12.2. The van der Waals surface area contributed by atoms with Crippen LogP contribution in [0.4, 0.5) is 4.79 Å². The average Bonchev–Trinajstić information content (AvgIpc) is 2.43.